The zero-order valence-corrected chi connectivity index (χ0v) is 17.4. The fraction of sp³-hybridized carbons (Fsp3) is 0.208. The van der Waals surface area contributed by atoms with Crippen LogP contribution < -0.4 is 10.6 Å². The normalized spacial score (nSPS) is 10.9. The van der Waals surface area contributed by atoms with Gasteiger partial charge in [0.05, 0.1) is 0 Å². The summed E-state index contributed by atoms with van der Waals surface area (Å²) in [7, 11) is 0. The van der Waals surface area contributed by atoms with Crippen molar-refractivity contribution in [3.05, 3.63) is 77.5 Å². The Labute approximate surface area is 176 Å². The molecule has 2 heterocycles. The quantitative estimate of drug-likeness (QED) is 0.504. The number of nitrogens with one attached hydrogen (secondary N) is 2. The van der Waals surface area contributed by atoms with Crippen molar-refractivity contribution >= 4 is 22.9 Å². The molecule has 0 radical (unpaired) electrons. The first-order valence-corrected chi connectivity index (χ1v) is 10.0. The number of urea groups is 1. The average Bonchev–Trinajstić information content (AvgIpc) is 3.10. The fourth-order valence-corrected chi connectivity index (χ4v) is 3.37. The lowest BCUT2D eigenvalue weighted by molar-refractivity contribution is 0.251. The molecule has 0 atom stereocenters. The average molecular weight is 399 g/mol. The van der Waals surface area contributed by atoms with Crippen LogP contribution in [0.1, 0.15) is 16.7 Å². The maximum atomic E-state index is 12.3. The highest BCUT2D eigenvalue weighted by atomic mass is 16.2. The van der Waals surface area contributed by atoms with E-state index in [0.717, 1.165) is 33.8 Å². The number of amides is 2. The molecule has 4 aromatic rings. The van der Waals surface area contributed by atoms with Crippen LogP contribution in [0.2, 0.25) is 0 Å². The van der Waals surface area contributed by atoms with Crippen molar-refractivity contribution < 1.29 is 4.79 Å². The molecule has 0 bridgehead atoms. The number of nitrogens with zero attached hydrogens (tertiary/aromatic N) is 3. The Bertz CT molecular complexity index is 1190. The predicted octanol–water partition coefficient (Wildman–Crippen LogP) is 4.85. The molecule has 2 aromatic heterocycles. The number of hydrogen-bond acceptors (Lipinski definition) is 3. The van der Waals surface area contributed by atoms with E-state index in [1.54, 1.807) is 6.20 Å². The molecule has 4 rings (SSSR count). The Morgan fingerprint density at radius 1 is 1.00 bits per heavy atom. The standard InChI is InChI=1S/C24H25N5O/c1-16-6-9-19(10-7-16)22-28-21-5-4-12-25-23(21)29(22)14-13-26-24(30)27-20-11-8-17(2)18(3)15-20/h4-12,15H,13-14H2,1-3H3,(H2,26,27,30). The molecule has 0 aliphatic heterocycles. The summed E-state index contributed by atoms with van der Waals surface area (Å²) in [5.74, 6) is 0.847. The highest BCUT2D eigenvalue weighted by molar-refractivity contribution is 5.89. The summed E-state index contributed by atoms with van der Waals surface area (Å²) >= 11 is 0. The van der Waals surface area contributed by atoms with Crippen molar-refractivity contribution in [2.45, 2.75) is 27.3 Å². The highest BCUT2D eigenvalue weighted by Gasteiger charge is 2.13. The van der Waals surface area contributed by atoms with Gasteiger partial charge < -0.3 is 15.2 Å². The number of rotatable bonds is 5. The first-order chi connectivity index (χ1) is 14.5. The molecule has 30 heavy (non-hydrogen) atoms. The molecule has 0 aliphatic carbocycles. The molecule has 0 spiro atoms. The van der Waals surface area contributed by atoms with Gasteiger partial charge in [0, 0.05) is 30.5 Å². The molecule has 2 amide bonds. The molecular formula is C24H25N5O. The third-order valence-electron chi connectivity index (χ3n) is 5.20. The number of carbonyl (C=O) groups is 1. The van der Waals surface area contributed by atoms with Gasteiger partial charge in [0.2, 0.25) is 0 Å². The molecule has 2 N–H and O–H groups in total. The van der Waals surface area contributed by atoms with Crippen molar-refractivity contribution in [2.75, 3.05) is 11.9 Å². The monoisotopic (exact) mass is 399 g/mol. The van der Waals surface area contributed by atoms with E-state index >= 15 is 0 Å². The zero-order chi connectivity index (χ0) is 21.1. The van der Waals surface area contributed by atoms with E-state index in [-0.39, 0.29) is 6.03 Å². The maximum Gasteiger partial charge on any atom is 0.319 e. The second kappa shape index (κ2) is 8.37. The van der Waals surface area contributed by atoms with Crippen LogP contribution in [0.4, 0.5) is 10.5 Å². The van der Waals surface area contributed by atoms with Crippen LogP contribution in [0.15, 0.2) is 60.8 Å². The van der Waals surface area contributed by atoms with Crippen molar-refractivity contribution in [2.24, 2.45) is 0 Å². The van der Waals surface area contributed by atoms with Crippen LogP contribution in [0, 0.1) is 20.8 Å². The zero-order valence-electron chi connectivity index (χ0n) is 17.4. The van der Waals surface area contributed by atoms with Crippen molar-refractivity contribution in [3.8, 4) is 11.4 Å². The van der Waals surface area contributed by atoms with Crippen LogP contribution in [0.25, 0.3) is 22.6 Å². The van der Waals surface area contributed by atoms with Gasteiger partial charge in [-0.3, -0.25) is 0 Å². The van der Waals surface area contributed by atoms with Gasteiger partial charge in [-0.25, -0.2) is 14.8 Å². The van der Waals surface area contributed by atoms with E-state index in [0.29, 0.717) is 13.1 Å². The minimum atomic E-state index is -0.229. The molecule has 6 heteroatoms. The van der Waals surface area contributed by atoms with Crippen molar-refractivity contribution in [1.82, 2.24) is 19.9 Å². The molecule has 0 fully saturated rings. The van der Waals surface area contributed by atoms with E-state index in [2.05, 4.69) is 51.4 Å². The second-order valence-electron chi connectivity index (χ2n) is 7.48. The Morgan fingerprint density at radius 3 is 2.57 bits per heavy atom. The molecule has 0 aliphatic rings. The topological polar surface area (TPSA) is 71.8 Å². The molecule has 152 valence electrons. The Morgan fingerprint density at radius 2 is 1.80 bits per heavy atom. The number of imidazole rings is 1. The van der Waals surface area contributed by atoms with Gasteiger partial charge in [-0.2, -0.15) is 0 Å². The van der Waals surface area contributed by atoms with Crippen LogP contribution in [-0.2, 0) is 6.54 Å². The number of carbonyl (C=O) groups excluding carboxylic acids is 1. The van der Waals surface area contributed by atoms with Crippen LogP contribution in [-0.4, -0.2) is 27.1 Å². The summed E-state index contributed by atoms with van der Waals surface area (Å²) in [5, 5.41) is 5.82. The lowest BCUT2D eigenvalue weighted by Crippen LogP contribution is -2.31. The minimum absolute atomic E-state index is 0.229. The van der Waals surface area contributed by atoms with Gasteiger partial charge >= 0.3 is 6.03 Å². The van der Waals surface area contributed by atoms with Crippen molar-refractivity contribution in [3.63, 3.8) is 0 Å². The summed E-state index contributed by atoms with van der Waals surface area (Å²) in [6.45, 7) is 7.16. The predicted molar refractivity (Wildman–Crippen MR) is 121 cm³/mol. The fourth-order valence-electron chi connectivity index (χ4n) is 3.37. The second-order valence-corrected chi connectivity index (χ2v) is 7.48. The highest BCUT2D eigenvalue weighted by Crippen LogP contribution is 2.23. The Kier molecular flexibility index (Phi) is 5.48. The minimum Gasteiger partial charge on any atom is -0.336 e. The van der Waals surface area contributed by atoms with E-state index < -0.39 is 0 Å². The third kappa shape index (κ3) is 4.17. The number of aromatic nitrogens is 3. The third-order valence-corrected chi connectivity index (χ3v) is 5.20. The van der Waals surface area contributed by atoms with Gasteiger partial charge in [-0.05, 0) is 56.2 Å². The van der Waals surface area contributed by atoms with E-state index in [1.807, 2.05) is 44.2 Å². The summed E-state index contributed by atoms with van der Waals surface area (Å²) < 4.78 is 2.05. The summed E-state index contributed by atoms with van der Waals surface area (Å²) in [6, 6.07) is 17.8. The van der Waals surface area contributed by atoms with Gasteiger partial charge in [0.1, 0.15) is 11.3 Å². The lowest BCUT2D eigenvalue weighted by atomic mass is 10.1. The molecule has 0 saturated carbocycles. The summed E-state index contributed by atoms with van der Waals surface area (Å²) in [4.78, 5) is 21.6. The van der Waals surface area contributed by atoms with Crippen LogP contribution in [0.5, 0.6) is 0 Å². The lowest BCUT2D eigenvalue weighted by Gasteiger charge is -2.12. The van der Waals surface area contributed by atoms with Gasteiger partial charge in [-0.1, -0.05) is 35.9 Å². The van der Waals surface area contributed by atoms with E-state index in [4.69, 9.17) is 4.98 Å². The molecule has 0 saturated heterocycles. The molecule has 2 aromatic carbocycles. The number of anilines is 1. The first kappa shape index (κ1) is 19.6. The summed E-state index contributed by atoms with van der Waals surface area (Å²) in [5.41, 5.74) is 7.00. The Balaban J connectivity index is 1.49. The molecular weight excluding hydrogens is 374 g/mol. The smallest absolute Gasteiger partial charge is 0.319 e. The largest absolute Gasteiger partial charge is 0.336 e. The van der Waals surface area contributed by atoms with Crippen LogP contribution >= 0.6 is 0 Å². The molecule has 0 unspecified atom stereocenters. The van der Waals surface area contributed by atoms with Crippen LogP contribution in [0.3, 0.4) is 0 Å². The number of hydrogen-bond donors (Lipinski definition) is 2. The SMILES string of the molecule is Cc1ccc(-c2nc3cccnc3n2CCNC(=O)Nc2ccc(C)c(C)c2)cc1. The number of fused-ring (bicyclic) bond motifs is 1. The van der Waals surface area contributed by atoms with Gasteiger partial charge in [-0.15, -0.1) is 0 Å². The van der Waals surface area contributed by atoms with Gasteiger partial charge in [0.25, 0.3) is 0 Å². The molecule has 6 nitrogen and oxygen atoms in total. The number of benzene rings is 2. The number of pyridine rings is 1. The summed E-state index contributed by atoms with van der Waals surface area (Å²) in [6.07, 6.45) is 1.76. The first-order valence-electron chi connectivity index (χ1n) is 10.0. The number of aryl methyl sites for hydroxylation is 3. The van der Waals surface area contributed by atoms with Gasteiger partial charge in [0.15, 0.2) is 5.65 Å². The van der Waals surface area contributed by atoms with Crippen molar-refractivity contribution in [1.29, 1.82) is 0 Å². The van der Waals surface area contributed by atoms with E-state index in [1.165, 1.54) is 11.1 Å². The Hall–Kier alpha value is -3.67. The maximum absolute atomic E-state index is 12.3. The van der Waals surface area contributed by atoms with E-state index in [9.17, 15) is 4.79 Å².